The van der Waals surface area contributed by atoms with E-state index in [1.165, 1.54) is 0 Å². The number of hydrogen-bond donors (Lipinski definition) is 2. The van der Waals surface area contributed by atoms with Crippen LogP contribution in [-0.2, 0) is 11.0 Å². The normalized spacial score (nSPS) is 16.2. The van der Waals surface area contributed by atoms with Crippen molar-refractivity contribution in [3.63, 3.8) is 0 Å². The maximum Gasteiger partial charge on any atom is 0.416 e. The van der Waals surface area contributed by atoms with Crippen LogP contribution in [0.4, 0.5) is 13.2 Å². The Morgan fingerprint density at radius 1 is 1.03 bits per heavy atom. The van der Waals surface area contributed by atoms with Crippen molar-refractivity contribution in [1.29, 1.82) is 0 Å². The molecule has 8 heteroatoms. The maximum absolute atomic E-state index is 12.6. The highest BCUT2D eigenvalue weighted by Gasteiger charge is 2.31. The zero-order chi connectivity index (χ0) is 21.9. The minimum Gasteiger partial charge on any atom is -0.378 e. The number of piperidine rings is 1. The predicted octanol–water partition coefficient (Wildman–Crippen LogP) is 3.47. The number of likely N-dealkylation sites (tertiary alicyclic amines) is 1. The fourth-order valence-corrected chi connectivity index (χ4v) is 3.39. The van der Waals surface area contributed by atoms with Gasteiger partial charge in [0.1, 0.15) is 0 Å². The Kier molecular flexibility index (Phi) is 6.45. The number of nitrogens with one attached hydrogen (secondary N) is 1. The summed E-state index contributed by atoms with van der Waals surface area (Å²) in [4.78, 5) is 26.6. The Hall–Kier alpha value is -2.87. The number of alkyl halides is 3. The molecule has 0 spiro atoms. The summed E-state index contributed by atoms with van der Waals surface area (Å²) in [7, 11) is 0. The molecule has 1 fully saturated rings. The quantitative estimate of drug-likeness (QED) is 0.796. The van der Waals surface area contributed by atoms with Gasteiger partial charge >= 0.3 is 6.18 Å². The largest absolute Gasteiger partial charge is 0.416 e. The third-order valence-electron chi connectivity index (χ3n) is 5.23. The zero-order valence-corrected chi connectivity index (χ0v) is 16.4. The lowest BCUT2D eigenvalue weighted by atomic mass is 10.0. The number of halogens is 3. The molecule has 2 amide bonds. The lowest BCUT2D eigenvalue weighted by Gasteiger charge is -2.33. The number of carbonyl (C=O) groups is 2. The molecule has 1 saturated heterocycles. The van der Waals surface area contributed by atoms with Crippen LogP contribution in [0.25, 0.3) is 0 Å². The topological polar surface area (TPSA) is 69.6 Å². The fraction of sp³-hybridized carbons (Fsp3) is 0.364. The maximum atomic E-state index is 12.6. The van der Waals surface area contributed by atoms with Gasteiger partial charge in [-0.05, 0) is 49.6 Å². The van der Waals surface area contributed by atoms with Crippen LogP contribution in [-0.4, -0.2) is 41.0 Å². The van der Waals surface area contributed by atoms with Gasteiger partial charge in [0.2, 0.25) is 0 Å². The van der Waals surface area contributed by atoms with Crippen molar-refractivity contribution in [2.24, 2.45) is 0 Å². The van der Waals surface area contributed by atoms with Crippen molar-refractivity contribution >= 4 is 11.8 Å². The van der Waals surface area contributed by atoms with Gasteiger partial charge < -0.3 is 15.3 Å². The summed E-state index contributed by atoms with van der Waals surface area (Å²) in [6.45, 7) is 2.88. The molecule has 30 heavy (non-hydrogen) atoms. The molecule has 1 atom stereocenters. The van der Waals surface area contributed by atoms with E-state index < -0.39 is 23.8 Å². The molecule has 3 rings (SSSR count). The molecule has 2 aromatic carbocycles. The van der Waals surface area contributed by atoms with E-state index in [4.69, 9.17) is 0 Å². The van der Waals surface area contributed by atoms with Gasteiger partial charge in [0.15, 0.2) is 6.10 Å². The Bertz CT molecular complexity index is 887. The van der Waals surface area contributed by atoms with Gasteiger partial charge in [-0.1, -0.05) is 29.8 Å². The van der Waals surface area contributed by atoms with Crippen molar-refractivity contribution in [1.82, 2.24) is 10.2 Å². The minimum atomic E-state index is -4.48. The number of nitrogens with zero attached hydrogens (tertiary/aromatic N) is 1. The number of benzene rings is 2. The molecule has 0 radical (unpaired) electrons. The molecular formula is C22H23F3N2O3. The first-order valence-corrected chi connectivity index (χ1v) is 9.66. The number of aliphatic hydroxyl groups is 1. The molecule has 1 heterocycles. The number of aliphatic hydroxyl groups excluding tert-OH is 1. The Balaban J connectivity index is 1.52. The van der Waals surface area contributed by atoms with Crippen molar-refractivity contribution in [3.05, 3.63) is 70.8 Å². The van der Waals surface area contributed by atoms with Gasteiger partial charge in [0, 0.05) is 24.7 Å². The average Bonchev–Trinajstić information content (AvgIpc) is 2.73. The summed E-state index contributed by atoms with van der Waals surface area (Å²) < 4.78 is 37.9. The molecule has 0 aromatic heterocycles. The minimum absolute atomic E-state index is 0.0652. The third kappa shape index (κ3) is 5.18. The number of carbonyl (C=O) groups excluding carboxylic acids is 2. The molecule has 2 N–H and O–H groups in total. The molecule has 0 bridgehead atoms. The van der Waals surface area contributed by atoms with Gasteiger partial charge in [-0.2, -0.15) is 13.2 Å². The second-order valence-corrected chi connectivity index (χ2v) is 7.46. The number of hydrogen-bond acceptors (Lipinski definition) is 3. The van der Waals surface area contributed by atoms with Gasteiger partial charge in [-0.3, -0.25) is 9.59 Å². The van der Waals surface area contributed by atoms with E-state index in [2.05, 4.69) is 5.32 Å². The molecule has 0 aliphatic carbocycles. The second-order valence-electron chi connectivity index (χ2n) is 7.46. The van der Waals surface area contributed by atoms with Crippen molar-refractivity contribution in [2.45, 2.75) is 38.1 Å². The predicted molar refractivity (Wildman–Crippen MR) is 105 cm³/mol. The van der Waals surface area contributed by atoms with E-state index in [-0.39, 0.29) is 17.5 Å². The zero-order valence-electron chi connectivity index (χ0n) is 16.4. The first-order chi connectivity index (χ1) is 14.1. The smallest absolute Gasteiger partial charge is 0.378 e. The van der Waals surface area contributed by atoms with Crippen molar-refractivity contribution in [2.75, 3.05) is 13.1 Å². The summed E-state index contributed by atoms with van der Waals surface area (Å²) >= 11 is 0. The SMILES string of the molecule is Cc1ccc(C(=O)N2CCC(NC(=O)[C@@H](O)c3ccc(C(F)(F)F)cc3)CC2)cc1. The van der Waals surface area contributed by atoms with E-state index in [0.29, 0.717) is 31.5 Å². The van der Waals surface area contributed by atoms with E-state index in [0.717, 1.165) is 29.8 Å². The summed E-state index contributed by atoms with van der Waals surface area (Å²) in [6, 6.07) is 11.0. The number of aryl methyl sites for hydroxylation is 1. The van der Waals surface area contributed by atoms with Gasteiger partial charge in [-0.15, -0.1) is 0 Å². The molecule has 0 unspecified atom stereocenters. The third-order valence-corrected chi connectivity index (χ3v) is 5.23. The molecule has 5 nitrogen and oxygen atoms in total. The van der Waals surface area contributed by atoms with E-state index in [9.17, 15) is 27.9 Å². The average molecular weight is 420 g/mol. The van der Waals surface area contributed by atoms with Crippen LogP contribution in [0.1, 0.15) is 46.0 Å². The highest BCUT2D eigenvalue weighted by Crippen LogP contribution is 2.30. The van der Waals surface area contributed by atoms with Crippen LogP contribution in [0.15, 0.2) is 48.5 Å². The highest BCUT2D eigenvalue weighted by atomic mass is 19.4. The molecule has 1 aliphatic rings. The van der Waals surface area contributed by atoms with Gasteiger partial charge in [0.05, 0.1) is 5.56 Å². The monoisotopic (exact) mass is 420 g/mol. The van der Waals surface area contributed by atoms with Crippen LogP contribution in [0.5, 0.6) is 0 Å². The van der Waals surface area contributed by atoms with Crippen molar-refractivity contribution in [3.8, 4) is 0 Å². The Labute approximate surface area is 172 Å². The molecular weight excluding hydrogens is 397 g/mol. The van der Waals surface area contributed by atoms with Crippen LogP contribution in [0.3, 0.4) is 0 Å². The van der Waals surface area contributed by atoms with Crippen molar-refractivity contribution < 1.29 is 27.9 Å². The van der Waals surface area contributed by atoms with Crippen LogP contribution in [0.2, 0.25) is 0 Å². The molecule has 160 valence electrons. The summed E-state index contributed by atoms with van der Waals surface area (Å²) in [5.41, 5.74) is 0.928. The standard InChI is InChI=1S/C22H23F3N2O3/c1-14-2-4-16(5-3-14)21(30)27-12-10-18(11-13-27)26-20(29)19(28)15-6-8-17(9-7-15)22(23,24)25/h2-9,18-19,28H,10-13H2,1H3,(H,26,29)/t19-/m0/s1. The summed E-state index contributed by atoms with van der Waals surface area (Å²) in [6.07, 6.45) is -4.97. The van der Waals surface area contributed by atoms with Gasteiger partial charge in [0.25, 0.3) is 11.8 Å². The summed E-state index contributed by atoms with van der Waals surface area (Å²) in [5, 5.41) is 12.9. The fourth-order valence-electron chi connectivity index (χ4n) is 3.39. The Morgan fingerprint density at radius 2 is 1.60 bits per heavy atom. The first kappa shape index (κ1) is 21.8. The van der Waals surface area contributed by atoms with Gasteiger partial charge in [-0.25, -0.2) is 0 Å². The lowest BCUT2D eigenvalue weighted by Crippen LogP contribution is -2.47. The number of amides is 2. The molecule has 2 aromatic rings. The van der Waals surface area contributed by atoms with Crippen LogP contribution in [0, 0.1) is 6.92 Å². The molecule has 0 saturated carbocycles. The van der Waals surface area contributed by atoms with Crippen LogP contribution < -0.4 is 5.32 Å². The van der Waals surface area contributed by atoms with E-state index in [1.54, 1.807) is 17.0 Å². The van der Waals surface area contributed by atoms with E-state index >= 15 is 0 Å². The summed E-state index contributed by atoms with van der Waals surface area (Å²) in [5.74, 6) is -0.734. The second kappa shape index (κ2) is 8.87. The Morgan fingerprint density at radius 3 is 2.13 bits per heavy atom. The lowest BCUT2D eigenvalue weighted by molar-refractivity contribution is -0.137. The first-order valence-electron chi connectivity index (χ1n) is 9.66. The van der Waals surface area contributed by atoms with Crippen LogP contribution >= 0.6 is 0 Å². The number of rotatable bonds is 4. The molecule has 1 aliphatic heterocycles. The van der Waals surface area contributed by atoms with E-state index in [1.807, 2.05) is 19.1 Å². The highest BCUT2D eigenvalue weighted by molar-refractivity contribution is 5.94.